The second-order valence-corrected chi connectivity index (χ2v) is 7.29. The molecule has 0 saturated carbocycles. The molecule has 1 amide bonds. The van der Waals surface area contributed by atoms with Gasteiger partial charge in [-0.05, 0) is 42.2 Å². The molecule has 0 N–H and O–H groups in total. The number of carbonyl (C=O) groups excluding carboxylic acids is 1. The maximum atomic E-state index is 13.1. The second-order valence-electron chi connectivity index (χ2n) is 7.29. The fraction of sp³-hybridized carbons (Fsp3) is 0.292. The molecule has 4 rings (SSSR count). The molecule has 2 heterocycles. The fourth-order valence-corrected chi connectivity index (χ4v) is 3.77. The van der Waals surface area contributed by atoms with Crippen molar-refractivity contribution in [2.45, 2.75) is 19.4 Å². The first-order chi connectivity index (χ1) is 13.8. The first kappa shape index (κ1) is 18.5. The zero-order chi connectivity index (χ0) is 19.2. The van der Waals surface area contributed by atoms with E-state index < -0.39 is 0 Å². The van der Waals surface area contributed by atoms with Gasteiger partial charge in [-0.1, -0.05) is 48.5 Å². The molecule has 3 aromatic rings. The molecule has 0 spiro atoms. The minimum atomic E-state index is 0.154. The van der Waals surface area contributed by atoms with Crippen molar-refractivity contribution in [2.75, 3.05) is 26.2 Å². The van der Waals surface area contributed by atoms with Crippen LogP contribution < -0.4 is 0 Å². The van der Waals surface area contributed by atoms with Gasteiger partial charge in [-0.2, -0.15) is 0 Å². The van der Waals surface area contributed by atoms with Gasteiger partial charge in [0.1, 0.15) is 5.76 Å². The molecule has 1 fully saturated rings. The van der Waals surface area contributed by atoms with Crippen molar-refractivity contribution in [3.05, 3.63) is 95.4 Å². The van der Waals surface area contributed by atoms with E-state index in [1.54, 1.807) is 6.26 Å². The Balaban J connectivity index is 1.37. The van der Waals surface area contributed by atoms with Gasteiger partial charge >= 0.3 is 0 Å². The molecular formula is C24H26N2O2. The molecule has 0 aliphatic carbocycles. The Bertz CT molecular complexity index is 882. The molecule has 28 heavy (non-hydrogen) atoms. The van der Waals surface area contributed by atoms with E-state index in [1.807, 2.05) is 41.3 Å². The average molecular weight is 374 g/mol. The minimum Gasteiger partial charge on any atom is -0.468 e. The highest BCUT2D eigenvalue weighted by Crippen LogP contribution is 2.17. The summed E-state index contributed by atoms with van der Waals surface area (Å²) in [6.45, 7) is 4.07. The maximum Gasteiger partial charge on any atom is 0.254 e. The molecule has 2 aromatic carbocycles. The molecule has 144 valence electrons. The Labute approximate surface area is 166 Å². The summed E-state index contributed by atoms with van der Waals surface area (Å²) in [7, 11) is 0. The number of benzene rings is 2. The number of hydrogen-bond acceptors (Lipinski definition) is 3. The lowest BCUT2D eigenvalue weighted by molar-refractivity contribution is 0.0619. The molecule has 1 aromatic heterocycles. The second kappa shape index (κ2) is 8.89. The van der Waals surface area contributed by atoms with Gasteiger partial charge in [-0.25, -0.2) is 0 Å². The number of hydrogen-bond donors (Lipinski definition) is 0. The highest BCUT2D eigenvalue weighted by atomic mass is 16.3. The highest BCUT2D eigenvalue weighted by molar-refractivity contribution is 5.95. The van der Waals surface area contributed by atoms with Crippen LogP contribution in [-0.4, -0.2) is 41.9 Å². The van der Waals surface area contributed by atoms with Crippen molar-refractivity contribution in [2.24, 2.45) is 0 Å². The van der Waals surface area contributed by atoms with Crippen molar-refractivity contribution in [3.8, 4) is 0 Å². The van der Waals surface area contributed by atoms with Crippen LogP contribution >= 0.6 is 0 Å². The van der Waals surface area contributed by atoms with E-state index in [1.165, 1.54) is 5.56 Å². The van der Waals surface area contributed by atoms with Crippen molar-refractivity contribution in [1.82, 2.24) is 9.80 Å². The van der Waals surface area contributed by atoms with Crippen molar-refractivity contribution in [3.63, 3.8) is 0 Å². The Morgan fingerprint density at radius 3 is 2.32 bits per heavy atom. The maximum absolute atomic E-state index is 13.1. The summed E-state index contributed by atoms with van der Waals surface area (Å²) in [6.07, 6.45) is 3.54. The molecule has 1 saturated heterocycles. The Kier molecular flexibility index (Phi) is 5.88. The lowest BCUT2D eigenvalue weighted by Gasteiger charge is -2.34. The SMILES string of the molecule is O=C(c1ccccc1CCc1ccccc1)N1CCN(Cc2ccco2)CC1. The van der Waals surface area contributed by atoms with Crippen LogP contribution in [-0.2, 0) is 19.4 Å². The number of aryl methyl sites for hydroxylation is 2. The summed E-state index contributed by atoms with van der Waals surface area (Å²) in [6, 6.07) is 22.4. The summed E-state index contributed by atoms with van der Waals surface area (Å²) in [5.41, 5.74) is 3.28. The molecule has 4 nitrogen and oxygen atoms in total. The molecule has 1 aliphatic rings. The van der Waals surface area contributed by atoms with Gasteiger partial charge in [0, 0.05) is 31.7 Å². The Hall–Kier alpha value is -2.85. The topological polar surface area (TPSA) is 36.7 Å². The van der Waals surface area contributed by atoms with Crippen molar-refractivity contribution in [1.29, 1.82) is 0 Å². The summed E-state index contributed by atoms with van der Waals surface area (Å²) < 4.78 is 5.44. The number of nitrogens with zero attached hydrogens (tertiary/aromatic N) is 2. The largest absolute Gasteiger partial charge is 0.468 e. The Morgan fingerprint density at radius 1 is 0.821 bits per heavy atom. The van der Waals surface area contributed by atoms with E-state index in [2.05, 4.69) is 35.2 Å². The van der Waals surface area contributed by atoms with Crippen LogP contribution in [0.1, 0.15) is 27.2 Å². The zero-order valence-corrected chi connectivity index (χ0v) is 16.1. The molecule has 0 bridgehead atoms. The first-order valence-corrected chi connectivity index (χ1v) is 9.95. The van der Waals surface area contributed by atoms with E-state index >= 15 is 0 Å². The van der Waals surface area contributed by atoms with Crippen LogP contribution in [0.25, 0.3) is 0 Å². The van der Waals surface area contributed by atoms with Gasteiger partial charge in [0.05, 0.1) is 12.8 Å². The predicted molar refractivity (Wildman–Crippen MR) is 110 cm³/mol. The van der Waals surface area contributed by atoms with E-state index in [0.717, 1.165) is 62.5 Å². The lowest BCUT2D eigenvalue weighted by Crippen LogP contribution is -2.48. The third-order valence-electron chi connectivity index (χ3n) is 5.39. The number of furan rings is 1. The van der Waals surface area contributed by atoms with Gasteiger partial charge in [0.2, 0.25) is 0 Å². The van der Waals surface area contributed by atoms with Gasteiger partial charge in [-0.3, -0.25) is 9.69 Å². The first-order valence-electron chi connectivity index (χ1n) is 9.95. The van der Waals surface area contributed by atoms with Crippen LogP contribution in [0.3, 0.4) is 0 Å². The summed E-state index contributed by atoms with van der Waals surface area (Å²) in [5, 5.41) is 0. The summed E-state index contributed by atoms with van der Waals surface area (Å²) in [5.74, 6) is 1.13. The average Bonchev–Trinajstić information content (AvgIpc) is 3.26. The van der Waals surface area contributed by atoms with E-state index in [-0.39, 0.29) is 5.91 Å². The summed E-state index contributed by atoms with van der Waals surface area (Å²) in [4.78, 5) is 17.5. The normalized spacial score (nSPS) is 14.9. The van der Waals surface area contributed by atoms with Crippen LogP contribution in [0.5, 0.6) is 0 Å². The zero-order valence-electron chi connectivity index (χ0n) is 16.1. The third kappa shape index (κ3) is 4.52. The third-order valence-corrected chi connectivity index (χ3v) is 5.39. The molecule has 0 radical (unpaired) electrons. The van der Waals surface area contributed by atoms with Crippen molar-refractivity contribution >= 4 is 5.91 Å². The van der Waals surface area contributed by atoms with E-state index in [0.29, 0.717) is 0 Å². The van der Waals surface area contributed by atoms with Gasteiger partial charge in [-0.15, -0.1) is 0 Å². The van der Waals surface area contributed by atoms with Gasteiger partial charge in [0.25, 0.3) is 5.91 Å². The smallest absolute Gasteiger partial charge is 0.254 e. The Morgan fingerprint density at radius 2 is 1.57 bits per heavy atom. The van der Waals surface area contributed by atoms with Crippen LogP contribution in [0, 0.1) is 0 Å². The monoisotopic (exact) mass is 374 g/mol. The number of piperazine rings is 1. The molecule has 4 heteroatoms. The van der Waals surface area contributed by atoms with Gasteiger partial charge in [0.15, 0.2) is 0 Å². The molecule has 1 aliphatic heterocycles. The van der Waals surface area contributed by atoms with Crippen molar-refractivity contribution < 1.29 is 9.21 Å². The predicted octanol–water partition coefficient (Wildman–Crippen LogP) is 4.02. The fourth-order valence-electron chi connectivity index (χ4n) is 3.77. The molecular weight excluding hydrogens is 348 g/mol. The quantitative estimate of drug-likeness (QED) is 0.654. The molecule has 0 unspecified atom stereocenters. The lowest BCUT2D eigenvalue weighted by atomic mass is 9.99. The van der Waals surface area contributed by atoms with Crippen LogP contribution in [0.2, 0.25) is 0 Å². The number of amides is 1. The van der Waals surface area contributed by atoms with Crippen LogP contribution in [0.15, 0.2) is 77.4 Å². The minimum absolute atomic E-state index is 0.154. The number of carbonyl (C=O) groups is 1. The van der Waals surface area contributed by atoms with Crippen LogP contribution in [0.4, 0.5) is 0 Å². The van der Waals surface area contributed by atoms with E-state index in [9.17, 15) is 4.79 Å². The van der Waals surface area contributed by atoms with Gasteiger partial charge < -0.3 is 9.32 Å². The standard InChI is InChI=1S/C24H26N2O2/c27-24(26-16-14-25(15-17-26)19-22-10-6-18-28-22)23-11-5-4-9-21(23)13-12-20-7-2-1-3-8-20/h1-11,18H,12-17,19H2. The van der Waals surface area contributed by atoms with E-state index in [4.69, 9.17) is 4.42 Å². The summed E-state index contributed by atoms with van der Waals surface area (Å²) >= 11 is 0. The molecule has 0 atom stereocenters. The highest BCUT2D eigenvalue weighted by Gasteiger charge is 2.24. The number of rotatable bonds is 6.